The summed E-state index contributed by atoms with van der Waals surface area (Å²) in [4.78, 5) is 11.2. The van der Waals surface area contributed by atoms with Crippen molar-refractivity contribution >= 4 is 11.9 Å². The number of allylic oxidation sites excluding steroid dienone is 5. The van der Waals surface area contributed by atoms with E-state index in [0.29, 0.717) is 0 Å². The molecular weight excluding hydrogens is 244 g/mol. The fourth-order valence-electron chi connectivity index (χ4n) is 1.82. The average molecular weight is 268 g/mol. The molecule has 0 fully saturated rings. The van der Waals surface area contributed by atoms with Gasteiger partial charge in [-0.2, -0.15) is 0 Å². The van der Waals surface area contributed by atoms with Crippen LogP contribution < -0.4 is 0 Å². The van der Waals surface area contributed by atoms with Crippen molar-refractivity contribution in [3.05, 3.63) is 64.8 Å². The Balaban J connectivity index is 2.55. The van der Waals surface area contributed by atoms with Crippen LogP contribution >= 0.6 is 0 Å². The number of hydrogen-bond donors (Lipinski definition) is 0. The predicted octanol–water partition coefficient (Wildman–Crippen LogP) is 5.60. The molecule has 0 aliphatic rings. The SMILES string of the molecule is CC(=O)c1ccc(C=CC=C(C)CCC=C(C)C)cc1. The van der Waals surface area contributed by atoms with Gasteiger partial charge in [-0.1, -0.05) is 59.7 Å². The zero-order chi connectivity index (χ0) is 15.0. The number of ketones is 1. The molecule has 0 unspecified atom stereocenters. The number of benzene rings is 1. The minimum Gasteiger partial charge on any atom is -0.295 e. The molecular formula is C19H24O. The third-order valence-corrected chi connectivity index (χ3v) is 3.08. The van der Waals surface area contributed by atoms with Crippen LogP contribution in [0.1, 0.15) is 56.5 Å². The molecule has 0 N–H and O–H groups in total. The van der Waals surface area contributed by atoms with Crippen molar-refractivity contribution in [2.45, 2.75) is 40.5 Å². The van der Waals surface area contributed by atoms with Gasteiger partial charge in [-0.3, -0.25) is 4.79 Å². The molecule has 0 aliphatic heterocycles. The first kappa shape index (κ1) is 16.2. The Hall–Kier alpha value is -1.89. The summed E-state index contributed by atoms with van der Waals surface area (Å²) >= 11 is 0. The molecule has 1 nitrogen and oxygen atoms in total. The van der Waals surface area contributed by atoms with Crippen LogP contribution in [-0.4, -0.2) is 5.78 Å². The van der Waals surface area contributed by atoms with Crippen molar-refractivity contribution in [1.29, 1.82) is 0 Å². The highest BCUT2D eigenvalue weighted by atomic mass is 16.1. The maximum Gasteiger partial charge on any atom is 0.159 e. The van der Waals surface area contributed by atoms with Crippen molar-refractivity contribution in [1.82, 2.24) is 0 Å². The molecule has 20 heavy (non-hydrogen) atoms. The van der Waals surface area contributed by atoms with E-state index in [2.05, 4.69) is 45.1 Å². The van der Waals surface area contributed by atoms with Gasteiger partial charge >= 0.3 is 0 Å². The van der Waals surface area contributed by atoms with E-state index in [1.165, 1.54) is 11.1 Å². The second-order valence-electron chi connectivity index (χ2n) is 5.37. The van der Waals surface area contributed by atoms with Gasteiger partial charge in [-0.15, -0.1) is 0 Å². The lowest BCUT2D eigenvalue weighted by molar-refractivity contribution is 0.101. The summed E-state index contributed by atoms with van der Waals surface area (Å²) < 4.78 is 0. The topological polar surface area (TPSA) is 17.1 Å². The molecule has 1 aromatic rings. The lowest BCUT2D eigenvalue weighted by Crippen LogP contribution is -1.90. The van der Waals surface area contributed by atoms with Gasteiger partial charge in [-0.05, 0) is 46.1 Å². The van der Waals surface area contributed by atoms with E-state index in [9.17, 15) is 4.79 Å². The van der Waals surface area contributed by atoms with Gasteiger partial charge in [0, 0.05) is 5.56 Å². The third-order valence-electron chi connectivity index (χ3n) is 3.08. The Morgan fingerprint density at radius 1 is 1.05 bits per heavy atom. The van der Waals surface area contributed by atoms with E-state index in [1.54, 1.807) is 6.92 Å². The molecule has 0 saturated carbocycles. The highest BCUT2D eigenvalue weighted by Gasteiger charge is 1.96. The minimum absolute atomic E-state index is 0.107. The van der Waals surface area contributed by atoms with Crippen LogP contribution in [0.5, 0.6) is 0 Å². The third kappa shape index (κ3) is 6.33. The molecule has 0 atom stereocenters. The summed E-state index contributed by atoms with van der Waals surface area (Å²) in [7, 11) is 0. The quantitative estimate of drug-likeness (QED) is 0.373. The fourth-order valence-corrected chi connectivity index (χ4v) is 1.82. The summed E-state index contributed by atoms with van der Waals surface area (Å²) in [5.41, 5.74) is 4.62. The Morgan fingerprint density at radius 3 is 2.25 bits per heavy atom. The fraction of sp³-hybridized carbons (Fsp3) is 0.316. The molecule has 0 amide bonds. The first-order chi connectivity index (χ1) is 9.49. The highest BCUT2D eigenvalue weighted by molar-refractivity contribution is 5.94. The van der Waals surface area contributed by atoms with Gasteiger partial charge in [0.1, 0.15) is 0 Å². The van der Waals surface area contributed by atoms with Crippen LogP contribution in [0.25, 0.3) is 6.08 Å². The van der Waals surface area contributed by atoms with E-state index in [0.717, 1.165) is 24.0 Å². The van der Waals surface area contributed by atoms with Crippen LogP contribution in [0.15, 0.2) is 53.6 Å². The van der Waals surface area contributed by atoms with E-state index < -0.39 is 0 Å². The number of hydrogen-bond acceptors (Lipinski definition) is 1. The molecule has 1 rings (SSSR count). The zero-order valence-corrected chi connectivity index (χ0v) is 12.9. The van der Waals surface area contributed by atoms with Crippen LogP contribution in [0, 0.1) is 0 Å². The summed E-state index contributed by atoms with van der Waals surface area (Å²) in [5.74, 6) is 0.107. The van der Waals surface area contributed by atoms with Gasteiger partial charge in [0.2, 0.25) is 0 Å². The first-order valence-corrected chi connectivity index (χ1v) is 7.07. The summed E-state index contributed by atoms with van der Waals surface area (Å²) in [6.45, 7) is 8.00. The maximum absolute atomic E-state index is 11.2. The molecule has 106 valence electrons. The molecule has 0 radical (unpaired) electrons. The second kappa shape index (κ2) is 8.31. The maximum atomic E-state index is 11.2. The van der Waals surface area contributed by atoms with E-state index in [1.807, 2.05) is 24.3 Å². The van der Waals surface area contributed by atoms with Crippen molar-refractivity contribution < 1.29 is 4.79 Å². The molecule has 0 aromatic heterocycles. The molecule has 0 heterocycles. The van der Waals surface area contributed by atoms with Gasteiger partial charge in [-0.25, -0.2) is 0 Å². The Bertz CT molecular complexity index is 523. The van der Waals surface area contributed by atoms with Crippen LogP contribution in [-0.2, 0) is 0 Å². The zero-order valence-electron chi connectivity index (χ0n) is 12.9. The Morgan fingerprint density at radius 2 is 1.70 bits per heavy atom. The van der Waals surface area contributed by atoms with Crippen molar-refractivity contribution in [2.75, 3.05) is 0 Å². The smallest absolute Gasteiger partial charge is 0.159 e. The van der Waals surface area contributed by atoms with Crippen molar-refractivity contribution in [3.8, 4) is 0 Å². The number of rotatable bonds is 6. The Labute approximate surface area is 122 Å². The van der Waals surface area contributed by atoms with Crippen LogP contribution in [0.2, 0.25) is 0 Å². The van der Waals surface area contributed by atoms with E-state index >= 15 is 0 Å². The molecule has 0 aliphatic carbocycles. The lowest BCUT2D eigenvalue weighted by Gasteiger charge is -1.98. The average Bonchev–Trinajstić information content (AvgIpc) is 2.39. The van der Waals surface area contributed by atoms with Crippen LogP contribution in [0.3, 0.4) is 0 Å². The summed E-state index contributed by atoms with van der Waals surface area (Å²) in [5, 5.41) is 0. The largest absolute Gasteiger partial charge is 0.295 e. The standard InChI is InChI=1S/C19H24O/c1-15(2)7-5-8-16(3)9-6-10-18-11-13-19(14-12-18)17(4)20/h6-7,9-14H,5,8H2,1-4H3. The molecule has 1 heteroatoms. The van der Waals surface area contributed by atoms with Gasteiger partial charge < -0.3 is 0 Å². The minimum atomic E-state index is 0.107. The van der Waals surface area contributed by atoms with Crippen LogP contribution in [0.4, 0.5) is 0 Å². The monoisotopic (exact) mass is 268 g/mol. The van der Waals surface area contributed by atoms with Gasteiger partial charge in [0.15, 0.2) is 5.78 Å². The highest BCUT2D eigenvalue weighted by Crippen LogP contribution is 2.09. The summed E-state index contributed by atoms with van der Waals surface area (Å²) in [6.07, 6.45) is 10.7. The molecule has 0 spiro atoms. The first-order valence-electron chi connectivity index (χ1n) is 7.07. The molecule has 0 bridgehead atoms. The number of Topliss-reactive ketones (excluding diaryl/α,β-unsaturated/α-hetero) is 1. The van der Waals surface area contributed by atoms with E-state index in [4.69, 9.17) is 0 Å². The van der Waals surface area contributed by atoms with Gasteiger partial charge in [0.05, 0.1) is 0 Å². The normalized spacial score (nSPS) is 11.7. The number of carbonyl (C=O) groups excluding carboxylic acids is 1. The van der Waals surface area contributed by atoms with Crippen molar-refractivity contribution in [2.24, 2.45) is 0 Å². The van der Waals surface area contributed by atoms with Crippen molar-refractivity contribution in [3.63, 3.8) is 0 Å². The second-order valence-corrected chi connectivity index (χ2v) is 5.37. The Kier molecular flexibility index (Phi) is 6.72. The summed E-state index contributed by atoms with van der Waals surface area (Å²) in [6, 6.07) is 7.68. The number of carbonyl (C=O) groups is 1. The van der Waals surface area contributed by atoms with Gasteiger partial charge in [0.25, 0.3) is 0 Å². The molecule has 0 saturated heterocycles. The predicted molar refractivity (Wildman–Crippen MR) is 87.9 cm³/mol. The molecule has 1 aromatic carbocycles. The lowest BCUT2D eigenvalue weighted by atomic mass is 10.1. The van der Waals surface area contributed by atoms with E-state index in [-0.39, 0.29) is 5.78 Å².